The Morgan fingerprint density at radius 3 is 2.54 bits per heavy atom. The van der Waals surface area contributed by atoms with Gasteiger partial charge in [-0.05, 0) is 27.7 Å². The molecule has 1 atom stereocenters. The predicted octanol–water partition coefficient (Wildman–Crippen LogP) is 0.844. The molecule has 0 radical (unpaired) electrons. The maximum absolute atomic E-state index is 11.0. The van der Waals surface area contributed by atoms with Crippen LogP contribution >= 0.6 is 0 Å². The van der Waals surface area contributed by atoms with Crippen LogP contribution in [-0.2, 0) is 4.74 Å². The zero-order valence-corrected chi connectivity index (χ0v) is 8.50. The number of hydrogen-bond acceptors (Lipinski definition) is 4. The molecule has 0 fully saturated rings. The summed E-state index contributed by atoms with van der Waals surface area (Å²) in [6.45, 7) is 7.09. The number of nitrogens with zero attached hydrogens (tertiary/aromatic N) is 1. The molecule has 0 bridgehead atoms. The van der Waals surface area contributed by atoms with Crippen LogP contribution in [0.15, 0.2) is 5.10 Å². The molecular formula is C8H17N3O2. The molecular weight excluding hydrogens is 170 g/mol. The fraction of sp³-hybridized carbons (Fsp3) is 0.750. The first kappa shape index (κ1) is 11.9. The largest absolute Gasteiger partial charge is 0.443 e. The first-order valence-corrected chi connectivity index (χ1v) is 4.09. The van der Waals surface area contributed by atoms with E-state index < -0.39 is 11.7 Å². The van der Waals surface area contributed by atoms with Gasteiger partial charge in [0.05, 0.1) is 0 Å². The summed E-state index contributed by atoms with van der Waals surface area (Å²) in [5, 5.41) is 3.58. The van der Waals surface area contributed by atoms with Gasteiger partial charge < -0.3 is 10.5 Å². The van der Waals surface area contributed by atoms with Crippen molar-refractivity contribution in [2.45, 2.75) is 39.3 Å². The molecule has 0 rings (SSSR count). The van der Waals surface area contributed by atoms with Crippen LogP contribution in [0.1, 0.15) is 27.7 Å². The third-order valence-electron chi connectivity index (χ3n) is 0.864. The van der Waals surface area contributed by atoms with Crippen molar-refractivity contribution in [2.24, 2.45) is 10.8 Å². The molecule has 5 heteroatoms. The summed E-state index contributed by atoms with van der Waals surface area (Å²) in [5.41, 5.74) is 7.06. The minimum Gasteiger partial charge on any atom is -0.443 e. The van der Waals surface area contributed by atoms with Gasteiger partial charge in [0.25, 0.3) is 0 Å². The quantitative estimate of drug-likeness (QED) is 0.497. The maximum atomic E-state index is 11.0. The van der Waals surface area contributed by atoms with E-state index in [2.05, 4.69) is 10.5 Å². The Labute approximate surface area is 78.3 Å². The lowest BCUT2D eigenvalue weighted by atomic mass is 10.2. The first-order chi connectivity index (χ1) is 5.81. The minimum atomic E-state index is -0.579. The smallest absolute Gasteiger partial charge is 0.428 e. The fourth-order valence-corrected chi connectivity index (χ4v) is 0.508. The molecule has 76 valence electrons. The molecule has 13 heavy (non-hydrogen) atoms. The third-order valence-corrected chi connectivity index (χ3v) is 0.864. The van der Waals surface area contributed by atoms with Crippen molar-refractivity contribution in [3.8, 4) is 0 Å². The number of hydrogen-bond donors (Lipinski definition) is 2. The summed E-state index contributed by atoms with van der Waals surface area (Å²) in [7, 11) is 0. The number of rotatable bonds is 2. The summed E-state index contributed by atoms with van der Waals surface area (Å²) in [6.07, 6.45) is 0.841. The first-order valence-electron chi connectivity index (χ1n) is 4.09. The van der Waals surface area contributed by atoms with E-state index in [1.54, 1.807) is 27.7 Å². The third kappa shape index (κ3) is 8.81. The topological polar surface area (TPSA) is 76.7 Å². The second-order valence-corrected chi connectivity index (χ2v) is 3.75. The predicted molar refractivity (Wildman–Crippen MR) is 51.5 cm³/mol. The Kier molecular flexibility index (Phi) is 4.40. The number of nitrogens with one attached hydrogen (secondary N) is 1. The monoisotopic (exact) mass is 187 g/mol. The maximum Gasteiger partial charge on any atom is 0.428 e. The van der Waals surface area contributed by atoms with Crippen LogP contribution < -0.4 is 11.2 Å². The Morgan fingerprint density at radius 2 is 2.15 bits per heavy atom. The van der Waals surface area contributed by atoms with Crippen molar-refractivity contribution < 1.29 is 9.53 Å². The van der Waals surface area contributed by atoms with Gasteiger partial charge in [0.1, 0.15) is 5.60 Å². The van der Waals surface area contributed by atoms with E-state index in [1.807, 2.05) is 0 Å². The average molecular weight is 187 g/mol. The summed E-state index contributed by atoms with van der Waals surface area (Å²) >= 11 is 0. The number of amides is 1. The van der Waals surface area contributed by atoms with Crippen molar-refractivity contribution in [1.82, 2.24) is 5.43 Å². The Hall–Kier alpha value is -1.10. The minimum absolute atomic E-state index is 0.185. The number of nitrogens with two attached hydrogens (primary N) is 1. The highest BCUT2D eigenvalue weighted by Gasteiger charge is 2.15. The highest BCUT2D eigenvalue weighted by molar-refractivity contribution is 5.70. The molecule has 0 spiro atoms. The van der Waals surface area contributed by atoms with Crippen molar-refractivity contribution in [1.29, 1.82) is 0 Å². The van der Waals surface area contributed by atoms with Crippen molar-refractivity contribution in [3.05, 3.63) is 0 Å². The van der Waals surface area contributed by atoms with Crippen LogP contribution in [0.25, 0.3) is 0 Å². The van der Waals surface area contributed by atoms with Gasteiger partial charge in [0.15, 0.2) is 0 Å². The lowest BCUT2D eigenvalue weighted by Crippen LogP contribution is -2.30. The van der Waals surface area contributed by atoms with E-state index in [1.165, 1.54) is 6.21 Å². The van der Waals surface area contributed by atoms with Gasteiger partial charge in [-0.25, -0.2) is 10.2 Å². The normalized spacial score (nSPS) is 14.2. The van der Waals surface area contributed by atoms with E-state index in [4.69, 9.17) is 10.5 Å². The van der Waals surface area contributed by atoms with Crippen LogP contribution in [0.3, 0.4) is 0 Å². The molecule has 1 amide bonds. The van der Waals surface area contributed by atoms with Crippen molar-refractivity contribution >= 4 is 12.3 Å². The summed E-state index contributed by atoms with van der Waals surface area (Å²) in [5.74, 6) is 0. The standard InChI is InChI=1S/C8H17N3O2/c1-6(9)5-10-11-7(12)13-8(2,3)4/h5-6H,9H2,1-4H3,(H,11,12). The van der Waals surface area contributed by atoms with Crippen molar-refractivity contribution in [2.75, 3.05) is 0 Å². The molecule has 0 saturated heterocycles. The zero-order chi connectivity index (χ0) is 10.5. The molecule has 0 aromatic rings. The van der Waals surface area contributed by atoms with Crippen molar-refractivity contribution in [3.63, 3.8) is 0 Å². The average Bonchev–Trinajstić information content (AvgIpc) is 1.81. The van der Waals surface area contributed by atoms with Crippen LogP contribution in [0.2, 0.25) is 0 Å². The molecule has 0 aromatic heterocycles. The highest BCUT2D eigenvalue weighted by atomic mass is 16.6. The van der Waals surface area contributed by atoms with Gasteiger partial charge in [-0.15, -0.1) is 0 Å². The van der Waals surface area contributed by atoms with Gasteiger partial charge in [0, 0.05) is 12.3 Å². The molecule has 0 aromatic carbocycles. The molecule has 0 aliphatic carbocycles. The summed E-state index contributed by atoms with van der Waals surface area (Å²) < 4.78 is 4.91. The Morgan fingerprint density at radius 1 is 1.62 bits per heavy atom. The van der Waals surface area contributed by atoms with Crippen LogP contribution in [0.5, 0.6) is 0 Å². The summed E-state index contributed by atoms with van der Waals surface area (Å²) in [6, 6.07) is -0.185. The molecule has 0 heterocycles. The second-order valence-electron chi connectivity index (χ2n) is 3.75. The van der Waals surface area contributed by atoms with Gasteiger partial charge in [-0.1, -0.05) is 0 Å². The molecule has 0 aliphatic heterocycles. The zero-order valence-electron chi connectivity index (χ0n) is 8.50. The Bertz CT molecular complexity index is 194. The highest BCUT2D eigenvalue weighted by Crippen LogP contribution is 2.05. The molecule has 0 aliphatic rings. The van der Waals surface area contributed by atoms with Gasteiger partial charge in [-0.3, -0.25) is 0 Å². The fourth-order valence-electron chi connectivity index (χ4n) is 0.508. The molecule has 0 saturated carbocycles. The van der Waals surface area contributed by atoms with Crippen LogP contribution in [-0.4, -0.2) is 24.0 Å². The van der Waals surface area contributed by atoms with Gasteiger partial charge in [0.2, 0.25) is 0 Å². The van der Waals surface area contributed by atoms with E-state index in [-0.39, 0.29) is 6.04 Å². The molecule has 5 nitrogen and oxygen atoms in total. The Balaban J connectivity index is 3.77. The van der Waals surface area contributed by atoms with Gasteiger partial charge >= 0.3 is 6.09 Å². The SMILES string of the molecule is CC(N)C=NNC(=O)OC(C)(C)C. The number of ether oxygens (including phenoxy) is 1. The summed E-state index contributed by atoms with van der Waals surface area (Å²) in [4.78, 5) is 11.0. The lowest BCUT2D eigenvalue weighted by Gasteiger charge is -2.18. The van der Waals surface area contributed by atoms with Crippen LogP contribution in [0, 0.1) is 0 Å². The molecule has 3 N–H and O–H groups in total. The number of carbonyl (C=O) groups is 1. The van der Waals surface area contributed by atoms with E-state index in [0.717, 1.165) is 0 Å². The molecule has 1 unspecified atom stereocenters. The van der Waals surface area contributed by atoms with Crippen LogP contribution in [0.4, 0.5) is 4.79 Å². The van der Waals surface area contributed by atoms with E-state index in [9.17, 15) is 4.79 Å². The van der Waals surface area contributed by atoms with Gasteiger partial charge in [-0.2, -0.15) is 5.10 Å². The van der Waals surface area contributed by atoms with E-state index in [0.29, 0.717) is 0 Å². The second kappa shape index (κ2) is 4.81. The number of hydrazone groups is 1. The number of carbonyl (C=O) groups excluding carboxylic acids is 1. The van der Waals surface area contributed by atoms with E-state index >= 15 is 0 Å². The lowest BCUT2D eigenvalue weighted by molar-refractivity contribution is 0.0529.